The Bertz CT molecular complexity index is 532. The monoisotopic (exact) mass is 245 g/mol. The Kier molecular flexibility index (Phi) is 3.09. The minimum atomic E-state index is 0.142. The van der Waals surface area contributed by atoms with Gasteiger partial charge in [-0.2, -0.15) is 0 Å². The van der Waals surface area contributed by atoms with Gasteiger partial charge in [0.15, 0.2) is 0 Å². The Morgan fingerprint density at radius 3 is 2.29 bits per heavy atom. The van der Waals surface area contributed by atoms with Crippen LogP contribution >= 0.6 is 11.3 Å². The van der Waals surface area contributed by atoms with Gasteiger partial charge in [0.1, 0.15) is 0 Å². The molecule has 0 saturated carbocycles. The summed E-state index contributed by atoms with van der Waals surface area (Å²) >= 11 is 1.75. The fraction of sp³-hybridized carbons (Fsp3) is 0.400. The molecule has 0 radical (unpaired) electrons. The van der Waals surface area contributed by atoms with E-state index in [1.54, 1.807) is 11.3 Å². The van der Waals surface area contributed by atoms with Crippen molar-refractivity contribution in [2.24, 2.45) is 0 Å². The third-order valence-electron chi connectivity index (χ3n) is 2.95. The molecule has 0 aliphatic rings. The van der Waals surface area contributed by atoms with Gasteiger partial charge < -0.3 is 0 Å². The summed E-state index contributed by atoms with van der Waals surface area (Å²) < 4.78 is 0. The first-order valence-corrected chi connectivity index (χ1v) is 6.79. The van der Waals surface area contributed by atoms with Crippen LogP contribution in [0, 0.1) is 13.8 Å². The Balaban J connectivity index is 2.40. The third-order valence-corrected chi connectivity index (χ3v) is 4.22. The van der Waals surface area contributed by atoms with E-state index in [4.69, 9.17) is 4.98 Å². The molecule has 1 heterocycles. The summed E-state index contributed by atoms with van der Waals surface area (Å²) in [5.41, 5.74) is 5.12. The second kappa shape index (κ2) is 4.26. The van der Waals surface area contributed by atoms with Crippen molar-refractivity contribution in [3.8, 4) is 11.3 Å². The van der Waals surface area contributed by atoms with Crippen molar-refractivity contribution in [3.63, 3.8) is 0 Å². The molecule has 2 heteroatoms. The summed E-state index contributed by atoms with van der Waals surface area (Å²) in [5, 5.41) is 3.36. The molecule has 0 spiro atoms. The van der Waals surface area contributed by atoms with E-state index in [9.17, 15) is 0 Å². The fourth-order valence-corrected chi connectivity index (χ4v) is 2.57. The maximum atomic E-state index is 4.74. The van der Waals surface area contributed by atoms with E-state index < -0.39 is 0 Å². The van der Waals surface area contributed by atoms with Crippen LogP contribution in [0.4, 0.5) is 0 Å². The van der Waals surface area contributed by atoms with E-state index in [0.29, 0.717) is 0 Å². The highest BCUT2D eigenvalue weighted by Crippen LogP contribution is 2.30. The number of benzene rings is 1. The third kappa shape index (κ3) is 2.58. The second-order valence-corrected chi connectivity index (χ2v) is 6.45. The van der Waals surface area contributed by atoms with E-state index >= 15 is 0 Å². The number of aryl methyl sites for hydroxylation is 2. The molecule has 0 atom stereocenters. The van der Waals surface area contributed by atoms with Gasteiger partial charge in [0, 0.05) is 16.4 Å². The lowest BCUT2D eigenvalue weighted by Crippen LogP contribution is -2.10. The minimum absolute atomic E-state index is 0.142. The summed E-state index contributed by atoms with van der Waals surface area (Å²) in [7, 11) is 0. The summed E-state index contributed by atoms with van der Waals surface area (Å²) in [5.74, 6) is 0. The maximum Gasteiger partial charge on any atom is 0.0986 e. The van der Waals surface area contributed by atoms with E-state index in [-0.39, 0.29) is 5.41 Å². The van der Waals surface area contributed by atoms with Gasteiger partial charge in [-0.3, -0.25) is 0 Å². The van der Waals surface area contributed by atoms with E-state index in [1.165, 1.54) is 21.7 Å². The Labute approximate surface area is 108 Å². The molecule has 0 unspecified atom stereocenters. The van der Waals surface area contributed by atoms with Crippen LogP contribution in [-0.4, -0.2) is 4.98 Å². The van der Waals surface area contributed by atoms with Gasteiger partial charge in [0.25, 0.3) is 0 Å². The molecule has 0 saturated heterocycles. The molecule has 1 aromatic heterocycles. The Hall–Kier alpha value is -1.15. The van der Waals surface area contributed by atoms with Gasteiger partial charge >= 0.3 is 0 Å². The molecule has 1 aromatic carbocycles. The average Bonchev–Trinajstić information content (AvgIpc) is 2.70. The van der Waals surface area contributed by atoms with Crippen LogP contribution in [-0.2, 0) is 5.41 Å². The average molecular weight is 245 g/mol. The summed E-state index contributed by atoms with van der Waals surface area (Å²) in [6.07, 6.45) is 0. The van der Waals surface area contributed by atoms with Gasteiger partial charge in [-0.15, -0.1) is 11.3 Å². The van der Waals surface area contributed by atoms with Crippen LogP contribution in [0.5, 0.6) is 0 Å². The number of nitrogens with zero attached hydrogens (tertiary/aromatic N) is 1. The molecular weight excluding hydrogens is 226 g/mol. The highest BCUT2D eigenvalue weighted by molar-refractivity contribution is 7.10. The van der Waals surface area contributed by atoms with Crippen molar-refractivity contribution in [2.45, 2.75) is 40.0 Å². The normalized spacial score (nSPS) is 11.8. The Morgan fingerprint density at radius 2 is 1.76 bits per heavy atom. The predicted molar refractivity (Wildman–Crippen MR) is 75.7 cm³/mol. The molecule has 0 amide bonds. The first-order chi connectivity index (χ1) is 7.88. The van der Waals surface area contributed by atoms with Crippen LogP contribution in [0.25, 0.3) is 11.3 Å². The van der Waals surface area contributed by atoms with Gasteiger partial charge in [-0.1, -0.05) is 32.9 Å². The van der Waals surface area contributed by atoms with Crippen molar-refractivity contribution in [2.75, 3.05) is 0 Å². The molecule has 0 bridgehead atoms. The highest BCUT2D eigenvalue weighted by atomic mass is 32.1. The van der Waals surface area contributed by atoms with Crippen LogP contribution in [0.1, 0.15) is 36.9 Å². The van der Waals surface area contributed by atoms with Crippen LogP contribution in [0.2, 0.25) is 0 Å². The smallest absolute Gasteiger partial charge is 0.0986 e. The van der Waals surface area contributed by atoms with Gasteiger partial charge in [-0.25, -0.2) is 4.98 Å². The first kappa shape index (κ1) is 12.3. The molecule has 0 aliphatic carbocycles. The summed E-state index contributed by atoms with van der Waals surface area (Å²) in [6.45, 7) is 10.9. The van der Waals surface area contributed by atoms with Crippen molar-refractivity contribution >= 4 is 11.3 Å². The van der Waals surface area contributed by atoms with E-state index in [1.807, 2.05) is 0 Å². The topological polar surface area (TPSA) is 12.9 Å². The van der Waals surface area contributed by atoms with Crippen LogP contribution in [0.3, 0.4) is 0 Å². The molecule has 0 fully saturated rings. The van der Waals surface area contributed by atoms with Gasteiger partial charge in [0.05, 0.1) is 10.7 Å². The zero-order valence-electron chi connectivity index (χ0n) is 11.2. The molecule has 0 N–H and O–H groups in total. The molecule has 90 valence electrons. The van der Waals surface area contributed by atoms with E-state index in [0.717, 1.165) is 5.69 Å². The lowest BCUT2D eigenvalue weighted by atomic mass is 9.98. The fourth-order valence-electron chi connectivity index (χ4n) is 1.65. The molecule has 17 heavy (non-hydrogen) atoms. The number of thiazole rings is 1. The highest BCUT2D eigenvalue weighted by Gasteiger charge is 2.18. The van der Waals surface area contributed by atoms with Gasteiger partial charge in [0.2, 0.25) is 0 Å². The van der Waals surface area contributed by atoms with Gasteiger partial charge in [-0.05, 0) is 31.0 Å². The predicted octanol–water partition coefficient (Wildman–Crippen LogP) is 4.72. The molecule has 0 aliphatic heterocycles. The zero-order chi connectivity index (χ0) is 12.6. The lowest BCUT2D eigenvalue weighted by Gasteiger charge is -2.13. The van der Waals surface area contributed by atoms with Crippen LogP contribution in [0.15, 0.2) is 23.6 Å². The quantitative estimate of drug-likeness (QED) is 0.708. The first-order valence-electron chi connectivity index (χ1n) is 5.91. The summed E-state index contributed by atoms with van der Waals surface area (Å²) in [6, 6.07) is 6.54. The number of hydrogen-bond acceptors (Lipinski definition) is 2. The van der Waals surface area contributed by atoms with E-state index in [2.05, 4.69) is 58.2 Å². The molecule has 2 rings (SSSR count). The molecule has 2 aromatic rings. The second-order valence-electron chi connectivity index (χ2n) is 5.59. The van der Waals surface area contributed by atoms with Crippen molar-refractivity contribution in [3.05, 3.63) is 39.7 Å². The van der Waals surface area contributed by atoms with Crippen molar-refractivity contribution in [1.82, 2.24) is 4.98 Å². The molecular formula is C15H19NS. The SMILES string of the molecule is Cc1ccc(-c2csc(C(C)(C)C)n2)cc1C. The maximum absolute atomic E-state index is 4.74. The number of aromatic nitrogens is 1. The lowest BCUT2D eigenvalue weighted by molar-refractivity contribution is 0.586. The standard InChI is InChI=1S/C15H19NS/c1-10-6-7-12(8-11(10)2)13-9-17-14(16-13)15(3,4)5/h6-9H,1-5H3. The Morgan fingerprint density at radius 1 is 1.06 bits per heavy atom. The number of rotatable bonds is 1. The zero-order valence-corrected chi connectivity index (χ0v) is 12.0. The van der Waals surface area contributed by atoms with Crippen molar-refractivity contribution in [1.29, 1.82) is 0 Å². The minimum Gasteiger partial charge on any atom is -0.241 e. The largest absolute Gasteiger partial charge is 0.241 e. The molecule has 1 nitrogen and oxygen atoms in total. The number of hydrogen-bond donors (Lipinski definition) is 0. The van der Waals surface area contributed by atoms with Crippen molar-refractivity contribution < 1.29 is 0 Å². The van der Waals surface area contributed by atoms with Crippen LogP contribution < -0.4 is 0 Å². The summed E-state index contributed by atoms with van der Waals surface area (Å²) in [4.78, 5) is 4.74.